The summed E-state index contributed by atoms with van der Waals surface area (Å²) in [5.74, 6) is -11.4. The van der Waals surface area contributed by atoms with Gasteiger partial charge < -0.3 is 49.6 Å². The van der Waals surface area contributed by atoms with Gasteiger partial charge in [-0.25, -0.2) is 45.6 Å². The van der Waals surface area contributed by atoms with Gasteiger partial charge in [0.05, 0.1) is 57.3 Å². The van der Waals surface area contributed by atoms with Crippen molar-refractivity contribution in [3.63, 3.8) is 0 Å². The molecular weight excluding hydrogens is 1150 g/mol. The second-order valence-corrected chi connectivity index (χ2v) is 19.6. The average molecular weight is 1200 g/mol. The van der Waals surface area contributed by atoms with E-state index in [2.05, 4.69) is 48.1 Å². The number of hydrogen-bond donors (Lipinski definition) is 4. The molecule has 24 heteroatoms. The second-order valence-electron chi connectivity index (χ2n) is 18.3. The summed E-state index contributed by atoms with van der Waals surface area (Å²) >= 11 is 9.33. The number of halogens is 8. The number of esters is 1. The molecule has 1 aromatic heterocycles. The zero-order chi connectivity index (χ0) is 58.4. The Hall–Kier alpha value is -7.33. The number of rotatable bonds is 10. The highest BCUT2D eigenvalue weighted by molar-refractivity contribution is 9.10. The topological polar surface area (TPSA) is 193 Å². The Morgan fingerprint density at radius 3 is 1.77 bits per heavy atom. The summed E-state index contributed by atoms with van der Waals surface area (Å²) in [5.41, 5.74) is 0.940. The number of methoxy groups -OCH3 is 1. The summed E-state index contributed by atoms with van der Waals surface area (Å²) in [6.45, 7) is 18.7. The van der Waals surface area contributed by atoms with Crippen molar-refractivity contribution in [3.05, 3.63) is 163 Å². The van der Waals surface area contributed by atoms with Crippen molar-refractivity contribution >= 4 is 79.3 Å². The van der Waals surface area contributed by atoms with Crippen molar-refractivity contribution in [1.29, 1.82) is 0 Å². The Kier molecular flexibility index (Phi) is 22.2. The highest BCUT2D eigenvalue weighted by Crippen LogP contribution is 2.36. The van der Waals surface area contributed by atoms with Crippen LogP contribution in [0.3, 0.4) is 0 Å². The van der Waals surface area contributed by atoms with E-state index in [1.165, 1.54) is 0 Å². The number of carboxylic acid groups (broad SMARTS) is 2. The van der Waals surface area contributed by atoms with Gasteiger partial charge in [-0.2, -0.15) is 0 Å². The number of morpholine rings is 3. The van der Waals surface area contributed by atoms with E-state index in [4.69, 9.17) is 37.5 Å². The van der Waals surface area contributed by atoms with Crippen LogP contribution in [0.5, 0.6) is 0 Å². The number of carboxylic acids is 2. The van der Waals surface area contributed by atoms with Crippen LogP contribution in [-0.2, 0) is 30.2 Å². The zero-order valence-corrected chi connectivity index (χ0v) is 45.8. The molecule has 0 radical (unpaired) electrons. The Labute approximate surface area is 469 Å². The van der Waals surface area contributed by atoms with E-state index >= 15 is 8.78 Å². The summed E-state index contributed by atoms with van der Waals surface area (Å²) in [4.78, 5) is 58.1. The average Bonchev–Trinajstić information content (AvgIpc) is 3.41. The fourth-order valence-electron chi connectivity index (χ4n) is 8.62. The fraction of sp³-hybridized carbons (Fsp3) is 0.321. The first-order chi connectivity index (χ1) is 38.1. The van der Waals surface area contributed by atoms with Crippen molar-refractivity contribution in [3.8, 4) is 11.1 Å². The van der Waals surface area contributed by atoms with Crippen LogP contribution in [0.15, 0.2) is 89.5 Å². The van der Waals surface area contributed by atoms with Gasteiger partial charge in [-0.3, -0.25) is 9.78 Å². The minimum absolute atomic E-state index is 0.0241. The number of aromatic nitrogens is 1. The molecule has 0 unspecified atom stereocenters. The molecule has 0 bridgehead atoms. The molecule has 9 rings (SSSR count). The molecule has 6 aromatic rings. The van der Waals surface area contributed by atoms with Gasteiger partial charge in [0.25, 0.3) is 5.91 Å². The minimum Gasteiger partial charge on any atom is -0.480 e. The third-order valence-electron chi connectivity index (χ3n) is 12.5. The number of anilines is 2. The number of nitrogens with zero attached hydrogens (tertiary/aromatic N) is 4. The Bertz CT molecular complexity index is 3210. The van der Waals surface area contributed by atoms with Crippen LogP contribution in [-0.4, -0.2) is 130 Å². The number of carbonyl (C=O) groups excluding carboxylic acids is 2. The number of carbonyl (C=O) groups is 4. The molecule has 5 aromatic carbocycles. The van der Waals surface area contributed by atoms with Crippen molar-refractivity contribution in [2.45, 2.75) is 51.5 Å². The maximum absolute atomic E-state index is 15.0. The van der Waals surface area contributed by atoms with Gasteiger partial charge in [0.2, 0.25) is 0 Å². The number of hydrogen-bond acceptors (Lipinski definition) is 12. The molecular formula is C56H54BrClF6N6O10. The first-order valence-corrected chi connectivity index (χ1v) is 25.8. The molecule has 3 saturated heterocycles. The number of aliphatic carboxylic acids is 1. The quantitative estimate of drug-likeness (QED) is 0.0575. The Morgan fingerprint density at radius 2 is 1.31 bits per heavy atom. The normalized spacial score (nSPS) is 17.2. The number of aromatic carboxylic acids is 1. The Balaban J connectivity index is 0.000000219. The fourth-order valence-corrected chi connectivity index (χ4v) is 9.30. The third-order valence-corrected chi connectivity index (χ3v) is 13.2. The minimum atomic E-state index is -1.60. The maximum atomic E-state index is 15.0. The van der Waals surface area contributed by atoms with E-state index in [0.29, 0.717) is 89.5 Å². The van der Waals surface area contributed by atoms with Gasteiger partial charge in [-0.15, -0.1) is 0 Å². The van der Waals surface area contributed by atoms with Crippen LogP contribution in [0.1, 0.15) is 57.4 Å². The van der Waals surface area contributed by atoms with Crippen LogP contribution < -0.4 is 20.4 Å². The number of nitrogens with one attached hydrogen (secondary N) is 2. The van der Waals surface area contributed by atoms with Gasteiger partial charge in [-0.1, -0.05) is 57.9 Å². The van der Waals surface area contributed by atoms with Crippen molar-refractivity contribution in [1.82, 2.24) is 15.6 Å². The summed E-state index contributed by atoms with van der Waals surface area (Å²) in [7, 11) is 1.06. The summed E-state index contributed by atoms with van der Waals surface area (Å²) in [6.07, 6.45) is 1.69. The van der Waals surface area contributed by atoms with E-state index < -0.39 is 81.5 Å². The van der Waals surface area contributed by atoms with E-state index in [1.54, 1.807) is 58.5 Å². The molecule has 4 atom stereocenters. The predicted molar refractivity (Wildman–Crippen MR) is 290 cm³/mol. The number of amides is 1. The predicted octanol–water partition coefficient (Wildman–Crippen LogP) is 10.4. The molecule has 0 aliphatic carbocycles. The van der Waals surface area contributed by atoms with Crippen molar-refractivity contribution < 1.29 is 74.7 Å². The summed E-state index contributed by atoms with van der Waals surface area (Å²) in [6, 6.07) is 16.5. The lowest BCUT2D eigenvalue weighted by molar-refractivity contribution is -0.139. The lowest BCUT2D eigenvalue weighted by Crippen LogP contribution is -2.43. The van der Waals surface area contributed by atoms with Crippen LogP contribution in [0.2, 0.25) is 5.02 Å². The molecule has 16 nitrogen and oxygen atoms in total. The number of benzene rings is 5. The van der Waals surface area contributed by atoms with Crippen molar-refractivity contribution in [2.24, 2.45) is 0 Å². The standard InChI is InChI=1S/C31H25ClF2N4O4.C12H13F2NO3.C8H5BrF2O2.C5H11NO/c1-17-16-38(10-11-42-17)20-14-25(33)28(26(34)15-20)30(39)37-27(31(40)41)12-18-5-7-23(29-21(18)4-3-9-36-29)22-8-6-19(35-2)13-24(22)32;1-7-6-15(2-3-18-7)8-4-9(13)11(12(16)17)10(14)5-8;1-13-8(12)7-5(10)2-4(9)3-6(7)11;1-5-4-6-2-3-7-5/h3-9,13-15,17,27H,10-12,16H2,1H3,(H,37,39)(H,40,41);4-5,7H,2-3,6H2,1H3,(H,16,17);2-3H,1H3;5-6H,2-4H2,1H3/t17-,27-;7-;;5-/m00.0/s1. The Morgan fingerprint density at radius 1 is 0.775 bits per heavy atom. The van der Waals surface area contributed by atoms with Gasteiger partial charge in [-0.05, 0) is 80.4 Å². The van der Waals surface area contributed by atoms with E-state index in [9.17, 15) is 41.8 Å². The van der Waals surface area contributed by atoms with Crippen LogP contribution in [0, 0.1) is 41.5 Å². The molecule has 0 saturated carbocycles. The van der Waals surface area contributed by atoms with Gasteiger partial charge in [0.15, 0.2) is 5.69 Å². The highest BCUT2D eigenvalue weighted by atomic mass is 79.9. The van der Waals surface area contributed by atoms with Gasteiger partial charge in [0.1, 0.15) is 57.6 Å². The zero-order valence-electron chi connectivity index (χ0n) is 43.4. The van der Waals surface area contributed by atoms with Crippen LogP contribution >= 0.6 is 27.5 Å². The smallest absolute Gasteiger partial charge is 0.343 e. The summed E-state index contributed by atoms with van der Waals surface area (Å²) in [5, 5.41) is 25.1. The van der Waals surface area contributed by atoms with Gasteiger partial charge in [0, 0.05) is 83.7 Å². The highest BCUT2D eigenvalue weighted by Gasteiger charge is 2.29. The van der Waals surface area contributed by atoms with Crippen LogP contribution in [0.25, 0.3) is 26.9 Å². The molecule has 3 aliphatic rings. The monoisotopic (exact) mass is 1200 g/mol. The van der Waals surface area contributed by atoms with Crippen LogP contribution in [0.4, 0.5) is 43.4 Å². The summed E-state index contributed by atoms with van der Waals surface area (Å²) < 4.78 is 104. The van der Waals surface area contributed by atoms with Crippen molar-refractivity contribution in [2.75, 3.05) is 76.0 Å². The molecule has 424 valence electrons. The lowest BCUT2D eigenvalue weighted by Gasteiger charge is -2.33. The van der Waals surface area contributed by atoms with E-state index in [0.717, 1.165) is 63.2 Å². The second kappa shape index (κ2) is 28.7. The molecule has 80 heavy (non-hydrogen) atoms. The number of ether oxygens (including phenoxy) is 4. The maximum Gasteiger partial charge on any atom is 0.343 e. The molecule has 3 fully saturated rings. The number of pyridine rings is 1. The van der Waals surface area contributed by atoms with E-state index in [-0.39, 0.29) is 28.8 Å². The molecule has 4 N–H and O–H groups in total. The molecule has 3 aliphatic heterocycles. The third kappa shape index (κ3) is 16.2. The molecule has 4 heterocycles. The molecule has 1 amide bonds. The first-order valence-electron chi connectivity index (χ1n) is 24.7. The number of fused-ring (bicyclic) bond motifs is 1. The molecule has 0 spiro atoms. The first kappa shape index (κ1) is 61.9. The SMILES string of the molecule is COC(=O)c1c(F)cc(Br)cc1F.C[C@H]1CN(c2cc(F)c(C(=O)O)c(F)c2)CCO1.C[C@H]1CNCCO1.[C-]#[N+]c1ccc(-c2ccc(C[C@H](NC(=O)c3c(F)cc(N4CCO[C@@H](C)C4)cc3F)C(=O)O)c3cccnc23)c(Cl)c1. The van der Waals surface area contributed by atoms with Gasteiger partial charge >= 0.3 is 17.9 Å². The lowest BCUT2D eigenvalue weighted by atomic mass is 9.95. The largest absolute Gasteiger partial charge is 0.480 e. The van der Waals surface area contributed by atoms with E-state index in [1.807, 2.05) is 13.8 Å².